The lowest BCUT2D eigenvalue weighted by Crippen LogP contribution is -2.43. The smallest absolute Gasteiger partial charge is 0.257 e. The van der Waals surface area contributed by atoms with Gasteiger partial charge < -0.3 is 18.6 Å². The first kappa shape index (κ1) is 16.4. The Hall–Kier alpha value is -3.07. The quantitative estimate of drug-likeness (QED) is 0.683. The van der Waals surface area contributed by atoms with Crippen molar-refractivity contribution in [2.75, 3.05) is 13.1 Å². The highest BCUT2D eigenvalue weighted by Crippen LogP contribution is 2.18. The van der Waals surface area contributed by atoms with Crippen LogP contribution in [0.5, 0.6) is 0 Å². The van der Waals surface area contributed by atoms with Crippen LogP contribution in [0.1, 0.15) is 29.1 Å². The van der Waals surface area contributed by atoms with Gasteiger partial charge in [-0.25, -0.2) is 4.98 Å². The Balaban J connectivity index is 1.33. The highest BCUT2D eigenvalue weighted by Gasteiger charge is 2.26. The number of aromatic nitrogens is 4. The lowest BCUT2D eigenvalue weighted by Gasteiger charge is -2.32. The zero-order valence-electron chi connectivity index (χ0n) is 13.9. The highest BCUT2D eigenvalue weighted by molar-refractivity contribution is 5.93. The third-order valence-corrected chi connectivity index (χ3v) is 4.14. The van der Waals surface area contributed by atoms with E-state index in [-0.39, 0.29) is 18.6 Å². The van der Waals surface area contributed by atoms with Gasteiger partial charge in [0.25, 0.3) is 11.8 Å². The fourth-order valence-corrected chi connectivity index (χ4v) is 2.85. The van der Waals surface area contributed by atoms with E-state index in [1.54, 1.807) is 29.6 Å². The summed E-state index contributed by atoms with van der Waals surface area (Å²) in [5, 5.41) is 3.88. The summed E-state index contributed by atoms with van der Waals surface area (Å²) < 4.78 is 16.0. The third kappa shape index (κ3) is 3.62. The van der Waals surface area contributed by atoms with Gasteiger partial charge in [-0.3, -0.25) is 9.78 Å². The van der Waals surface area contributed by atoms with Gasteiger partial charge in [0.05, 0.1) is 24.1 Å². The summed E-state index contributed by atoms with van der Waals surface area (Å²) in [6.45, 7) is 1.42. The van der Waals surface area contributed by atoms with Crippen LogP contribution in [-0.2, 0) is 11.3 Å². The Morgan fingerprint density at radius 2 is 2.35 bits per heavy atom. The summed E-state index contributed by atoms with van der Waals surface area (Å²) in [4.78, 5) is 26.5. The molecule has 0 radical (unpaired) electrons. The SMILES string of the molecule is O=C(c1ccoc1)N1CCCC(OCc2nc(-c3cnccn3)no2)C1. The molecule has 0 N–H and O–H groups in total. The third-order valence-electron chi connectivity index (χ3n) is 4.14. The van der Waals surface area contributed by atoms with Crippen molar-refractivity contribution in [3.8, 4) is 11.5 Å². The molecule has 26 heavy (non-hydrogen) atoms. The zero-order chi connectivity index (χ0) is 17.8. The number of carbonyl (C=O) groups is 1. The number of amides is 1. The lowest BCUT2D eigenvalue weighted by molar-refractivity contribution is -0.0153. The molecule has 0 aromatic carbocycles. The summed E-state index contributed by atoms with van der Waals surface area (Å²) >= 11 is 0. The largest absolute Gasteiger partial charge is 0.472 e. The van der Waals surface area contributed by atoms with Gasteiger partial charge in [0, 0.05) is 25.5 Å². The second kappa shape index (κ2) is 7.44. The minimum Gasteiger partial charge on any atom is -0.472 e. The number of rotatable bonds is 5. The average molecular weight is 355 g/mol. The molecule has 1 aliphatic heterocycles. The fraction of sp³-hybridized carbons (Fsp3) is 0.353. The molecule has 1 fully saturated rings. The molecule has 9 heteroatoms. The van der Waals surface area contributed by atoms with E-state index < -0.39 is 0 Å². The molecule has 1 saturated heterocycles. The number of hydrogen-bond acceptors (Lipinski definition) is 8. The van der Waals surface area contributed by atoms with Crippen molar-refractivity contribution in [2.45, 2.75) is 25.6 Å². The standard InChI is InChI=1S/C17H17N5O4/c23-17(12-3-7-24-10-12)22-6-1-2-13(9-22)25-11-15-20-16(21-26-15)14-8-18-4-5-19-14/h3-5,7-8,10,13H,1-2,6,9,11H2. The van der Waals surface area contributed by atoms with Crippen molar-refractivity contribution < 1.29 is 18.5 Å². The van der Waals surface area contributed by atoms with Gasteiger partial charge >= 0.3 is 0 Å². The first-order valence-corrected chi connectivity index (χ1v) is 8.31. The van der Waals surface area contributed by atoms with E-state index >= 15 is 0 Å². The molecule has 3 aromatic heterocycles. The minimum atomic E-state index is -0.0773. The van der Waals surface area contributed by atoms with Gasteiger partial charge in [0.15, 0.2) is 0 Å². The van der Waals surface area contributed by atoms with Crippen LogP contribution in [0.25, 0.3) is 11.5 Å². The Labute approximate surface area is 149 Å². The van der Waals surface area contributed by atoms with Crippen LogP contribution in [-0.4, -0.2) is 50.1 Å². The van der Waals surface area contributed by atoms with Crippen LogP contribution in [0.3, 0.4) is 0 Å². The topological polar surface area (TPSA) is 107 Å². The average Bonchev–Trinajstić information content (AvgIpc) is 3.39. The zero-order valence-corrected chi connectivity index (χ0v) is 13.9. The monoisotopic (exact) mass is 355 g/mol. The first-order chi connectivity index (χ1) is 12.8. The molecule has 1 unspecified atom stereocenters. The molecule has 4 heterocycles. The van der Waals surface area contributed by atoms with Gasteiger partial charge in [-0.05, 0) is 18.9 Å². The number of piperidine rings is 1. The Bertz CT molecular complexity index is 849. The summed E-state index contributed by atoms with van der Waals surface area (Å²) in [5.41, 5.74) is 1.09. The molecule has 0 saturated carbocycles. The number of carbonyl (C=O) groups excluding carboxylic acids is 1. The maximum Gasteiger partial charge on any atom is 0.257 e. The minimum absolute atomic E-state index is 0.0465. The maximum atomic E-state index is 12.4. The van der Waals surface area contributed by atoms with E-state index in [4.69, 9.17) is 13.7 Å². The number of hydrogen-bond donors (Lipinski definition) is 0. The molecule has 0 bridgehead atoms. The van der Waals surface area contributed by atoms with Crippen LogP contribution in [0, 0.1) is 0 Å². The summed E-state index contributed by atoms with van der Waals surface area (Å²) in [6, 6.07) is 1.67. The van der Waals surface area contributed by atoms with Gasteiger partial charge in [-0.1, -0.05) is 5.16 Å². The van der Waals surface area contributed by atoms with Crippen LogP contribution in [0.2, 0.25) is 0 Å². The second-order valence-corrected chi connectivity index (χ2v) is 5.94. The molecule has 134 valence electrons. The molecule has 3 aromatic rings. The van der Waals surface area contributed by atoms with Gasteiger partial charge in [-0.2, -0.15) is 4.98 Å². The predicted octanol–water partition coefficient (Wildman–Crippen LogP) is 1.94. The molecule has 1 aliphatic rings. The van der Waals surface area contributed by atoms with Crippen LogP contribution in [0.4, 0.5) is 0 Å². The van der Waals surface area contributed by atoms with Crippen LogP contribution >= 0.6 is 0 Å². The highest BCUT2D eigenvalue weighted by atomic mass is 16.5. The van der Waals surface area contributed by atoms with Crippen LogP contribution in [0.15, 0.2) is 46.1 Å². The Morgan fingerprint density at radius 3 is 3.15 bits per heavy atom. The number of nitrogens with zero attached hydrogens (tertiary/aromatic N) is 5. The van der Waals surface area contributed by atoms with E-state index in [1.165, 1.54) is 12.5 Å². The molecule has 1 atom stereocenters. The molecule has 9 nitrogen and oxygen atoms in total. The van der Waals surface area contributed by atoms with Gasteiger partial charge in [0.1, 0.15) is 18.6 Å². The van der Waals surface area contributed by atoms with Crippen molar-refractivity contribution in [3.05, 3.63) is 48.6 Å². The van der Waals surface area contributed by atoms with Crippen molar-refractivity contribution in [1.82, 2.24) is 25.0 Å². The van der Waals surface area contributed by atoms with E-state index in [1.807, 2.05) is 0 Å². The number of likely N-dealkylation sites (tertiary alicyclic amines) is 1. The van der Waals surface area contributed by atoms with Crippen molar-refractivity contribution in [2.24, 2.45) is 0 Å². The lowest BCUT2D eigenvalue weighted by atomic mass is 10.1. The predicted molar refractivity (Wildman–Crippen MR) is 87.7 cm³/mol. The summed E-state index contributed by atoms with van der Waals surface area (Å²) in [6.07, 6.45) is 9.34. The van der Waals surface area contributed by atoms with Crippen LogP contribution < -0.4 is 0 Å². The normalized spacial score (nSPS) is 17.4. The summed E-state index contributed by atoms with van der Waals surface area (Å²) in [5.74, 6) is 0.691. The fourth-order valence-electron chi connectivity index (χ4n) is 2.85. The van der Waals surface area contributed by atoms with E-state index in [2.05, 4.69) is 20.1 Å². The number of ether oxygens (including phenoxy) is 1. The van der Waals surface area contributed by atoms with Gasteiger partial charge in [-0.15, -0.1) is 0 Å². The Kier molecular flexibility index (Phi) is 4.69. The molecule has 1 amide bonds. The number of furan rings is 1. The van der Waals surface area contributed by atoms with E-state index in [0.717, 1.165) is 12.8 Å². The summed E-state index contributed by atoms with van der Waals surface area (Å²) in [7, 11) is 0. The molecule has 0 spiro atoms. The molecule has 0 aliphatic carbocycles. The van der Waals surface area contributed by atoms with Gasteiger partial charge in [0.2, 0.25) is 5.82 Å². The molecular formula is C17H17N5O4. The maximum absolute atomic E-state index is 12.4. The van der Waals surface area contributed by atoms with E-state index in [0.29, 0.717) is 36.1 Å². The van der Waals surface area contributed by atoms with Crippen molar-refractivity contribution in [1.29, 1.82) is 0 Å². The molecule has 4 rings (SSSR count). The Morgan fingerprint density at radius 1 is 1.38 bits per heavy atom. The van der Waals surface area contributed by atoms with E-state index in [9.17, 15) is 4.79 Å². The van der Waals surface area contributed by atoms with Crippen molar-refractivity contribution >= 4 is 5.91 Å². The molecular weight excluding hydrogens is 338 g/mol. The second-order valence-electron chi connectivity index (χ2n) is 5.94. The first-order valence-electron chi connectivity index (χ1n) is 8.31. The van der Waals surface area contributed by atoms with Crippen molar-refractivity contribution in [3.63, 3.8) is 0 Å².